The van der Waals surface area contributed by atoms with Crippen molar-refractivity contribution in [1.29, 1.82) is 0 Å². The van der Waals surface area contributed by atoms with E-state index < -0.39 is 41.5 Å². The number of hydrogen-bond acceptors (Lipinski definition) is 5. The van der Waals surface area contributed by atoms with E-state index in [1.54, 1.807) is 0 Å². The van der Waals surface area contributed by atoms with Gasteiger partial charge in [-0.05, 0) is 24.3 Å². The number of fused-ring (bicyclic) bond motifs is 1. The van der Waals surface area contributed by atoms with Crippen LogP contribution in [0.15, 0.2) is 42.5 Å². The first-order chi connectivity index (χ1) is 11.9. The maximum absolute atomic E-state index is 13.9. The van der Waals surface area contributed by atoms with Crippen molar-refractivity contribution in [2.24, 2.45) is 0 Å². The average molecular weight is 351 g/mol. The Hall–Kier alpha value is -3.36. The van der Waals surface area contributed by atoms with Gasteiger partial charge in [-0.25, -0.2) is 9.18 Å². The van der Waals surface area contributed by atoms with Crippen LogP contribution in [0, 0.1) is 5.82 Å². The summed E-state index contributed by atoms with van der Waals surface area (Å²) >= 11 is 0. The van der Waals surface area contributed by atoms with E-state index in [1.165, 1.54) is 24.3 Å². The molecule has 0 atom stereocenters. The maximum Gasteiger partial charge on any atom is 0.387 e. The lowest BCUT2D eigenvalue weighted by Crippen LogP contribution is -2.33. The zero-order chi connectivity index (χ0) is 18.1. The molecule has 0 saturated carbocycles. The number of nitrogens with zero attached hydrogens (tertiary/aromatic N) is 1. The number of carbonyl (C=O) groups is 3. The molecule has 0 spiro atoms. The Balaban J connectivity index is 1.90. The third-order valence-corrected chi connectivity index (χ3v) is 3.33. The van der Waals surface area contributed by atoms with Gasteiger partial charge in [-0.2, -0.15) is 8.78 Å². The molecule has 1 heterocycles. The van der Waals surface area contributed by atoms with Gasteiger partial charge in [0.2, 0.25) is 0 Å². The number of hydrogen-bond donors (Lipinski definition) is 0. The monoisotopic (exact) mass is 351 g/mol. The molecule has 9 heteroatoms. The van der Waals surface area contributed by atoms with Gasteiger partial charge in [0.15, 0.2) is 0 Å². The van der Waals surface area contributed by atoms with Gasteiger partial charge in [-0.1, -0.05) is 23.3 Å². The minimum absolute atomic E-state index is 0.00196. The van der Waals surface area contributed by atoms with Crippen molar-refractivity contribution >= 4 is 17.8 Å². The fraction of sp³-hybridized carbons (Fsp3) is 0.0625. The molecule has 0 unspecified atom stereocenters. The molecule has 0 fully saturated rings. The van der Waals surface area contributed by atoms with E-state index in [9.17, 15) is 27.6 Å². The molecule has 2 amide bonds. The lowest BCUT2D eigenvalue weighted by Gasteiger charge is -2.15. The standard InChI is InChI=1S/C16H8F3NO5/c17-10-6-3-7-11(24-16(18)19)12(10)15(23)25-20-13(21)8-4-1-2-5-9(8)14(20)22/h1-7,16H. The highest BCUT2D eigenvalue weighted by atomic mass is 19.3. The smallest absolute Gasteiger partial charge is 0.387 e. The van der Waals surface area contributed by atoms with Crippen molar-refractivity contribution < 1.29 is 37.1 Å². The van der Waals surface area contributed by atoms with E-state index in [1.807, 2.05) is 0 Å². The van der Waals surface area contributed by atoms with Crippen molar-refractivity contribution in [3.05, 3.63) is 65.0 Å². The van der Waals surface area contributed by atoms with Gasteiger partial charge in [0.05, 0.1) is 11.1 Å². The summed E-state index contributed by atoms with van der Waals surface area (Å²) in [7, 11) is 0. The Bertz CT molecular complexity index is 849. The SMILES string of the molecule is O=C(ON1C(=O)c2ccccc2C1=O)c1c(F)cccc1OC(F)F. The average Bonchev–Trinajstić information content (AvgIpc) is 2.80. The van der Waals surface area contributed by atoms with Crippen LogP contribution >= 0.6 is 0 Å². The summed E-state index contributed by atoms with van der Waals surface area (Å²) in [5.74, 6) is -5.37. The summed E-state index contributed by atoms with van der Waals surface area (Å²) in [6.45, 7) is -3.31. The molecule has 1 aliphatic rings. The molecule has 3 rings (SSSR count). The summed E-state index contributed by atoms with van der Waals surface area (Å²) in [5, 5.41) is 0.144. The van der Waals surface area contributed by atoms with Crippen LogP contribution in [-0.4, -0.2) is 29.5 Å². The molecule has 25 heavy (non-hydrogen) atoms. The number of ether oxygens (including phenoxy) is 1. The predicted molar refractivity (Wildman–Crippen MR) is 75.4 cm³/mol. The van der Waals surface area contributed by atoms with Crippen LogP contribution in [0.3, 0.4) is 0 Å². The number of alkyl halides is 2. The highest BCUT2D eigenvalue weighted by Gasteiger charge is 2.39. The van der Waals surface area contributed by atoms with Gasteiger partial charge in [0, 0.05) is 0 Å². The van der Waals surface area contributed by atoms with Gasteiger partial charge in [-0.3, -0.25) is 9.59 Å². The van der Waals surface area contributed by atoms with Crippen molar-refractivity contribution in [3.63, 3.8) is 0 Å². The van der Waals surface area contributed by atoms with Crippen molar-refractivity contribution in [1.82, 2.24) is 5.06 Å². The van der Waals surface area contributed by atoms with Gasteiger partial charge in [0.25, 0.3) is 11.8 Å². The van der Waals surface area contributed by atoms with Crippen molar-refractivity contribution in [2.45, 2.75) is 6.61 Å². The van der Waals surface area contributed by atoms with Crippen LogP contribution in [0.5, 0.6) is 5.75 Å². The molecule has 0 saturated heterocycles. The van der Waals surface area contributed by atoms with Crippen LogP contribution in [-0.2, 0) is 4.84 Å². The minimum atomic E-state index is -3.31. The Morgan fingerprint density at radius 2 is 1.56 bits per heavy atom. The fourth-order valence-corrected chi connectivity index (χ4v) is 2.28. The molecular formula is C16H8F3NO5. The second kappa shape index (κ2) is 6.27. The van der Waals surface area contributed by atoms with Crippen molar-refractivity contribution in [3.8, 4) is 5.75 Å². The molecule has 2 aromatic carbocycles. The van der Waals surface area contributed by atoms with Crippen LogP contribution in [0.2, 0.25) is 0 Å². The van der Waals surface area contributed by atoms with E-state index in [2.05, 4.69) is 9.57 Å². The third kappa shape index (κ3) is 2.91. The van der Waals surface area contributed by atoms with E-state index in [0.29, 0.717) is 0 Å². The Kier molecular flexibility index (Phi) is 4.14. The minimum Gasteiger partial charge on any atom is -0.434 e. The first kappa shape index (κ1) is 16.5. The number of benzene rings is 2. The van der Waals surface area contributed by atoms with E-state index in [0.717, 1.165) is 18.2 Å². The fourth-order valence-electron chi connectivity index (χ4n) is 2.28. The zero-order valence-corrected chi connectivity index (χ0v) is 12.2. The number of hydroxylamine groups is 2. The van der Waals surface area contributed by atoms with Gasteiger partial charge in [0.1, 0.15) is 17.1 Å². The second-order valence-corrected chi connectivity index (χ2v) is 4.82. The number of halogens is 3. The topological polar surface area (TPSA) is 72.9 Å². The van der Waals surface area contributed by atoms with Crippen LogP contribution < -0.4 is 4.74 Å². The lowest BCUT2D eigenvalue weighted by atomic mass is 10.1. The molecule has 0 radical (unpaired) electrons. The number of amides is 2. The largest absolute Gasteiger partial charge is 0.434 e. The van der Waals surface area contributed by atoms with Gasteiger partial charge < -0.3 is 9.57 Å². The maximum atomic E-state index is 13.9. The first-order valence-corrected chi connectivity index (χ1v) is 6.83. The van der Waals surface area contributed by atoms with Crippen LogP contribution in [0.1, 0.15) is 31.1 Å². The quantitative estimate of drug-likeness (QED) is 0.792. The van der Waals surface area contributed by atoms with Crippen LogP contribution in [0.25, 0.3) is 0 Å². The normalized spacial score (nSPS) is 13.2. The Morgan fingerprint density at radius 1 is 0.960 bits per heavy atom. The third-order valence-electron chi connectivity index (χ3n) is 3.33. The predicted octanol–water partition coefficient (Wildman–Crippen LogP) is 2.80. The molecule has 1 aliphatic heterocycles. The van der Waals surface area contributed by atoms with E-state index in [-0.39, 0.29) is 16.2 Å². The van der Waals surface area contributed by atoms with Gasteiger partial charge >= 0.3 is 12.6 Å². The Labute approximate surface area is 138 Å². The number of carbonyl (C=O) groups excluding carboxylic acids is 3. The molecule has 0 aliphatic carbocycles. The molecule has 6 nitrogen and oxygen atoms in total. The highest BCUT2D eigenvalue weighted by molar-refractivity contribution is 6.21. The first-order valence-electron chi connectivity index (χ1n) is 6.83. The van der Waals surface area contributed by atoms with Gasteiger partial charge in [-0.15, -0.1) is 0 Å². The van der Waals surface area contributed by atoms with Crippen molar-refractivity contribution in [2.75, 3.05) is 0 Å². The summed E-state index contributed by atoms with van der Waals surface area (Å²) < 4.78 is 42.7. The Morgan fingerprint density at radius 3 is 2.12 bits per heavy atom. The number of rotatable bonds is 4. The molecule has 0 aromatic heterocycles. The summed E-state index contributed by atoms with van der Waals surface area (Å²) in [6, 6.07) is 8.48. The molecular weight excluding hydrogens is 343 g/mol. The molecule has 0 bridgehead atoms. The molecule has 2 aromatic rings. The molecule has 128 valence electrons. The highest BCUT2D eigenvalue weighted by Crippen LogP contribution is 2.27. The van der Waals surface area contributed by atoms with E-state index >= 15 is 0 Å². The number of imide groups is 1. The summed E-state index contributed by atoms with van der Waals surface area (Å²) in [4.78, 5) is 41.0. The van der Waals surface area contributed by atoms with E-state index in [4.69, 9.17) is 0 Å². The summed E-state index contributed by atoms with van der Waals surface area (Å²) in [6.07, 6.45) is 0. The lowest BCUT2D eigenvalue weighted by molar-refractivity contribution is -0.0627. The summed E-state index contributed by atoms with van der Waals surface area (Å²) in [5.41, 5.74) is -0.963. The zero-order valence-electron chi connectivity index (χ0n) is 12.2. The second-order valence-electron chi connectivity index (χ2n) is 4.82. The van der Waals surface area contributed by atoms with Crippen LogP contribution in [0.4, 0.5) is 13.2 Å². The molecule has 0 N–H and O–H groups in total.